The van der Waals surface area contributed by atoms with E-state index in [2.05, 4.69) is 150 Å². The van der Waals surface area contributed by atoms with Crippen LogP contribution in [0.25, 0.3) is 43.8 Å². The predicted molar refractivity (Wildman–Crippen MR) is 166 cm³/mol. The number of aryl methyl sites for hydroxylation is 4. The van der Waals surface area contributed by atoms with Crippen LogP contribution in [-0.2, 0) is 23.0 Å². The molecular weight excluding hydrogens is 710 g/mol. The van der Waals surface area contributed by atoms with E-state index in [4.69, 9.17) is 0 Å². The Bertz CT molecular complexity index is 1520. The van der Waals surface area contributed by atoms with Crippen LogP contribution in [0.1, 0.15) is 22.3 Å². The molecule has 0 atom stereocenters. The van der Waals surface area contributed by atoms with E-state index in [1.807, 2.05) is 0 Å². The Balaban J connectivity index is 0.000000237. The summed E-state index contributed by atoms with van der Waals surface area (Å²) in [5.74, 6) is 0. The van der Waals surface area contributed by atoms with E-state index in [0.717, 1.165) is 0 Å². The van der Waals surface area contributed by atoms with Crippen LogP contribution in [0.15, 0.2) is 109 Å². The molecule has 6 aromatic carbocycles. The molecule has 0 fully saturated rings. The molecule has 0 aliphatic carbocycles. The number of halogens is 2. The van der Waals surface area contributed by atoms with Gasteiger partial charge in [0.1, 0.15) is 0 Å². The van der Waals surface area contributed by atoms with Gasteiger partial charge in [-0.25, -0.2) is 0 Å². The fourth-order valence-corrected chi connectivity index (χ4v) is 4.48. The molecular formula is C36H36Cl2HfSi-2. The van der Waals surface area contributed by atoms with Gasteiger partial charge in [0, 0.05) is 0 Å². The second-order valence-electron chi connectivity index (χ2n) is 10.3. The number of benzene rings is 4. The van der Waals surface area contributed by atoms with Gasteiger partial charge in [-0.05, 0) is 38.8 Å². The average molecular weight is 746 g/mol. The largest absolute Gasteiger partial charge is 1.00 e. The van der Waals surface area contributed by atoms with E-state index in [-0.39, 0.29) is 30.3 Å². The van der Waals surface area contributed by atoms with Gasteiger partial charge in [0.05, 0.1) is 0 Å². The molecule has 0 saturated carbocycles. The minimum atomic E-state index is 0. The molecule has 204 valence electrons. The second-order valence-corrected chi connectivity index (χ2v) is 23.1. The van der Waals surface area contributed by atoms with Gasteiger partial charge in [0.2, 0.25) is 0 Å². The van der Waals surface area contributed by atoms with E-state index >= 15 is 0 Å². The molecule has 0 aliphatic rings. The Morgan fingerprint density at radius 3 is 1.18 bits per heavy atom. The second kappa shape index (κ2) is 15.7. The molecule has 6 rings (SSSR count). The van der Waals surface area contributed by atoms with E-state index in [0.29, 0.717) is 0 Å². The molecule has 40 heavy (non-hydrogen) atoms. The Hall–Kier alpha value is -2.23. The average Bonchev–Trinajstić information content (AvgIpc) is 3.52. The summed E-state index contributed by atoms with van der Waals surface area (Å²) in [6.45, 7) is 13.3. The van der Waals surface area contributed by atoms with Gasteiger partial charge >= 0.3 is 41.6 Å². The van der Waals surface area contributed by atoms with Crippen LogP contribution >= 0.6 is 0 Å². The third kappa shape index (κ3) is 8.88. The molecule has 4 heteroatoms. The van der Waals surface area contributed by atoms with Gasteiger partial charge in [0.25, 0.3) is 0 Å². The fourth-order valence-electron chi connectivity index (χ4n) is 4.48. The number of rotatable bonds is 2. The Labute approximate surface area is 267 Å². The molecule has 0 heterocycles. The zero-order chi connectivity index (χ0) is 27.2. The monoisotopic (exact) mass is 746 g/mol. The van der Waals surface area contributed by atoms with Crippen LogP contribution in [-0.4, -0.2) is 5.49 Å². The van der Waals surface area contributed by atoms with Gasteiger partial charge < -0.3 is 24.8 Å². The van der Waals surface area contributed by atoms with Gasteiger partial charge in [-0.1, -0.05) is 95.1 Å². The molecule has 0 bridgehead atoms. The topological polar surface area (TPSA) is 0 Å². The van der Waals surface area contributed by atoms with Crippen molar-refractivity contribution in [3.05, 3.63) is 131 Å². The summed E-state index contributed by atoms with van der Waals surface area (Å²) >= 11 is 1.45. The third-order valence-electron chi connectivity index (χ3n) is 6.92. The van der Waals surface area contributed by atoms with Crippen LogP contribution in [0.5, 0.6) is 0 Å². The van der Waals surface area contributed by atoms with E-state index in [1.165, 1.54) is 89.1 Å². The Morgan fingerprint density at radius 1 is 0.500 bits per heavy atom. The summed E-state index contributed by atoms with van der Waals surface area (Å²) < 4.78 is 0. The molecule has 6 aromatic rings. The maximum atomic E-state index is 2.33. The smallest absolute Gasteiger partial charge is 0.0396 e. The van der Waals surface area contributed by atoms with Gasteiger partial charge in [-0.3, -0.25) is 0 Å². The zero-order valence-corrected chi connectivity index (χ0v) is 30.3. The molecule has 0 aliphatic heterocycles. The summed E-state index contributed by atoms with van der Waals surface area (Å²) in [4.78, 5) is 0. The Morgan fingerprint density at radius 2 is 0.850 bits per heavy atom. The van der Waals surface area contributed by atoms with Crippen molar-refractivity contribution >= 4 is 27.0 Å². The third-order valence-corrected chi connectivity index (χ3v) is 6.92. The van der Waals surface area contributed by atoms with Crippen molar-refractivity contribution in [1.82, 2.24) is 0 Å². The summed E-state index contributed by atoms with van der Waals surface area (Å²) in [5.41, 5.74) is 10.9. The van der Waals surface area contributed by atoms with Crippen molar-refractivity contribution in [2.75, 3.05) is 0 Å². The predicted octanol–water partition coefficient (Wildman–Crippen LogP) is 4.48. The van der Waals surface area contributed by atoms with Crippen LogP contribution in [0.2, 0.25) is 13.1 Å². The van der Waals surface area contributed by atoms with Crippen LogP contribution in [0.3, 0.4) is 0 Å². The first kappa shape index (κ1) is 34.0. The summed E-state index contributed by atoms with van der Waals surface area (Å²) in [7, 11) is 0. The fraction of sp³-hybridized carbons (Fsp3) is 0.167. The maximum absolute atomic E-state index is 2.33. The molecule has 0 amide bonds. The first-order valence-electron chi connectivity index (χ1n) is 13.2. The van der Waals surface area contributed by atoms with Crippen molar-refractivity contribution < 1.29 is 47.8 Å². The van der Waals surface area contributed by atoms with Crippen molar-refractivity contribution in [3.8, 4) is 22.3 Å². The molecule has 0 aromatic heterocycles. The van der Waals surface area contributed by atoms with E-state index in [9.17, 15) is 0 Å². The minimum absolute atomic E-state index is 0. The SMILES string of the molecule is C[Si](C)=[Hf+2].Cc1ccc(-c2cc3ccccc3[cH-]2)cc1C.Cc1ccc(-c2cc3ccccc3[cH-]2)cc1C.[Cl-].[Cl-]. The van der Waals surface area contributed by atoms with Crippen LogP contribution in [0, 0.1) is 27.7 Å². The van der Waals surface area contributed by atoms with Gasteiger partial charge in [-0.15, -0.1) is 69.1 Å². The molecule has 0 N–H and O–H groups in total. The summed E-state index contributed by atoms with van der Waals surface area (Å²) in [6, 6.07) is 39.4. The number of fused-ring (bicyclic) bond motifs is 2. The first-order valence-corrected chi connectivity index (χ1v) is 21.1. The molecule has 0 radical (unpaired) electrons. The quantitative estimate of drug-likeness (QED) is 0.182. The van der Waals surface area contributed by atoms with Crippen molar-refractivity contribution in [3.63, 3.8) is 0 Å². The standard InChI is InChI=1S/2C17H15.C2H6Si.2ClH.Hf/c2*1-12-7-8-16(9-13(12)2)17-10-14-5-3-4-6-15(14)11-17;1-3-2;;;/h2*3-11H,1-2H3;1-2H3;2*1H;/q2*-1;;;;+2/p-2. The van der Waals surface area contributed by atoms with Gasteiger partial charge in [0.15, 0.2) is 0 Å². The molecule has 0 nitrogen and oxygen atoms in total. The molecule has 0 unspecified atom stereocenters. The Kier molecular flexibility index (Phi) is 13.3. The van der Waals surface area contributed by atoms with Crippen LogP contribution < -0.4 is 24.8 Å². The van der Waals surface area contributed by atoms with Gasteiger partial charge in [-0.2, -0.15) is 0 Å². The van der Waals surface area contributed by atoms with Crippen molar-refractivity contribution in [2.24, 2.45) is 0 Å². The van der Waals surface area contributed by atoms with E-state index in [1.54, 1.807) is 0 Å². The number of hydrogen-bond acceptors (Lipinski definition) is 0. The van der Waals surface area contributed by atoms with Crippen molar-refractivity contribution in [1.29, 1.82) is 0 Å². The van der Waals surface area contributed by atoms with Crippen molar-refractivity contribution in [2.45, 2.75) is 40.8 Å². The van der Waals surface area contributed by atoms with E-state index < -0.39 is 0 Å². The summed E-state index contributed by atoms with van der Waals surface area (Å²) in [5, 5.41) is 5.28. The summed E-state index contributed by atoms with van der Waals surface area (Å²) in [6.07, 6.45) is 0. The minimum Gasteiger partial charge on any atom is -1.00 e. The number of hydrogen-bond donors (Lipinski definition) is 0. The normalized spacial score (nSPS) is 10.0. The zero-order valence-electron chi connectivity index (χ0n) is 24.1. The maximum Gasteiger partial charge on any atom is -0.0396 e. The molecule has 0 spiro atoms. The first-order chi connectivity index (χ1) is 18.2. The molecule has 0 saturated heterocycles. The van der Waals surface area contributed by atoms with Crippen LogP contribution in [0.4, 0.5) is 0 Å².